The van der Waals surface area contributed by atoms with Gasteiger partial charge in [0.05, 0.1) is 18.9 Å². The van der Waals surface area contributed by atoms with Crippen LogP contribution in [0, 0.1) is 0 Å². The monoisotopic (exact) mass is 312 g/mol. The topological polar surface area (TPSA) is 75.7 Å². The highest BCUT2D eigenvalue weighted by atomic mass is 32.2. The molecule has 1 fully saturated rings. The summed E-state index contributed by atoms with van der Waals surface area (Å²) in [5.74, 6) is 0.396. The Morgan fingerprint density at radius 1 is 1.38 bits per heavy atom. The van der Waals surface area contributed by atoms with Crippen LogP contribution in [0.25, 0.3) is 0 Å². The minimum atomic E-state index is -3.26. The molecule has 1 aromatic carbocycles. The summed E-state index contributed by atoms with van der Waals surface area (Å²) in [6, 6.07) is 6.82. The zero-order chi connectivity index (χ0) is 15.5. The van der Waals surface area contributed by atoms with Crippen molar-refractivity contribution in [3.8, 4) is 5.75 Å². The largest absolute Gasteiger partial charge is 0.496 e. The van der Waals surface area contributed by atoms with Crippen molar-refractivity contribution in [1.82, 2.24) is 9.62 Å². The molecule has 1 aromatic rings. The molecular formula is C14H20N2O4S. The molecule has 0 unspecified atom stereocenters. The molecule has 116 valence electrons. The van der Waals surface area contributed by atoms with Gasteiger partial charge in [-0.05, 0) is 25.0 Å². The number of methoxy groups -OCH3 is 1. The molecule has 21 heavy (non-hydrogen) atoms. The van der Waals surface area contributed by atoms with Gasteiger partial charge in [-0.3, -0.25) is 4.79 Å². The molecule has 1 N–H and O–H groups in total. The van der Waals surface area contributed by atoms with Crippen molar-refractivity contribution in [2.45, 2.75) is 18.9 Å². The molecule has 1 saturated heterocycles. The Kier molecular flexibility index (Phi) is 4.84. The van der Waals surface area contributed by atoms with E-state index in [-0.39, 0.29) is 11.9 Å². The summed E-state index contributed by atoms with van der Waals surface area (Å²) >= 11 is 0. The van der Waals surface area contributed by atoms with Crippen molar-refractivity contribution < 1.29 is 17.9 Å². The van der Waals surface area contributed by atoms with Crippen molar-refractivity contribution in [3.63, 3.8) is 0 Å². The van der Waals surface area contributed by atoms with Crippen LogP contribution in [0.4, 0.5) is 0 Å². The lowest BCUT2D eigenvalue weighted by atomic mass is 10.0. The van der Waals surface area contributed by atoms with Crippen LogP contribution in [0.2, 0.25) is 0 Å². The van der Waals surface area contributed by atoms with Gasteiger partial charge in [-0.2, -0.15) is 0 Å². The van der Waals surface area contributed by atoms with E-state index >= 15 is 0 Å². The molecule has 0 spiro atoms. The maximum atomic E-state index is 12.6. The number of hydrogen-bond acceptors (Lipinski definition) is 4. The summed E-state index contributed by atoms with van der Waals surface area (Å²) < 4.78 is 30.4. The fraction of sp³-hybridized carbons (Fsp3) is 0.500. The highest BCUT2D eigenvalue weighted by Crippen LogP contribution is 2.21. The second-order valence-electron chi connectivity index (χ2n) is 5.18. The maximum absolute atomic E-state index is 12.6. The van der Waals surface area contributed by atoms with Crippen LogP contribution in [0.15, 0.2) is 24.3 Å². The van der Waals surface area contributed by atoms with Crippen LogP contribution in [-0.4, -0.2) is 51.7 Å². The maximum Gasteiger partial charge on any atom is 0.257 e. The van der Waals surface area contributed by atoms with Gasteiger partial charge < -0.3 is 9.64 Å². The van der Waals surface area contributed by atoms with Crippen LogP contribution in [0.5, 0.6) is 5.75 Å². The number of likely N-dealkylation sites (tertiary alicyclic amines) is 1. The fourth-order valence-electron chi connectivity index (χ4n) is 2.55. The summed E-state index contributed by atoms with van der Waals surface area (Å²) in [7, 11) is -1.74. The Labute approximate surface area is 125 Å². The fourth-order valence-corrected chi connectivity index (χ4v) is 3.35. The molecule has 1 atom stereocenters. The average molecular weight is 312 g/mol. The summed E-state index contributed by atoms with van der Waals surface area (Å²) in [6.07, 6.45) is 2.64. The molecule has 2 rings (SSSR count). The van der Waals surface area contributed by atoms with Gasteiger partial charge in [-0.25, -0.2) is 13.1 Å². The van der Waals surface area contributed by atoms with Gasteiger partial charge in [0.15, 0.2) is 0 Å². The van der Waals surface area contributed by atoms with Gasteiger partial charge in [-0.1, -0.05) is 12.1 Å². The van der Waals surface area contributed by atoms with Gasteiger partial charge >= 0.3 is 0 Å². The Bertz CT molecular complexity index is 615. The molecule has 0 saturated carbocycles. The number of sulfonamides is 1. The smallest absolute Gasteiger partial charge is 0.257 e. The van der Waals surface area contributed by atoms with Gasteiger partial charge in [0.1, 0.15) is 5.75 Å². The lowest BCUT2D eigenvalue weighted by molar-refractivity contribution is 0.0699. The second-order valence-corrected chi connectivity index (χ2v) is 6.96. The SMILES string of the molecule is COc1ccccc1C(=O)N1CCC[C@@H](NS(C)(=O)=O)C1. The Morgan fingerprint density at radius 2 is 2.10 bits per heavy atom. The molecule has 6 nitrogen and oxygen atoms in total. The van der Waals surface area contributed by atoms with E-state index in [2.05, 4.69) is 4.72 Å². The number of benzene rings is 1. The molecule has 0 aromatic heterocycles. The number of nitrogens with zero attached hydrogens (tertiary/aromatic N) is 1. The first kappa shape index (κ1) is 15.8. The van der Waals surface area contributed by atoms with E-state index in [4.69, 9.17) is 4.74 Å². The predicted octanol–water partition coefficient (Wildman–Crippen LogP) is 0.849. The number of ether oxygens (including phenoxy) is 1. The van der Waals surface area contributed by atoms with Crippen LogP contribution in [0.1, 0.15) is 23.2 Å². The normalized spacial score (nSPS) is 19.3. The Balaban J connectivity index is 2.12. The number of hydrogen-bond donors (Lipinski definition) is 1. The molecule has 1 amide bonds. The van der Waals surface area contributed by atoms with Crippen molar-refractivity contribution in [2.75, 3.05) is 26.5 Å². The summed E-state index contributed by atoms with van der Waals surface area (Å²) in [4.78, 5) is 14.2. The Morgan fingerprint density at radius 3 is 2.76 bits per heavy atom. The Hall–Kier alpha value is -1.60. The van der Waals surface area contributed by atoms with Crippen LogP contribution in [0.3, 0.4) is 0 Å². The molecular weight excluding hydrogens is 292 g/mol. The van der Waals surface area contributed by atoms with Crippen molar-refractivity contribution in [2.24, 2.45) is 0 Å². The van der Waals surface area contributed by atoms with Gasteiger partial charge in [0.25, 0.3) is 5.91 Å². The highest BCUT2D eigenvalue weighted by molar-refractivity contribution is 7.88. The number of carbonyl (C=O) groups excluding carboxylic acids is 1. The minimum absolute atomic E-state index is 0.132. The number of para-hydroxylation sites is 1. The number of carbonyl (C=O) groups is 1. The molecule has 0 bridgehead atoms. The average Bonchev–Trinajstić information content (AvgIpc) is 2.45. The number of amides is 1. The van der Waals surface area contributed by atoms with Gasteiger partial charge in [-0.15, -0.1) is 0 Å². The summed E-state index contributed by atoms with van der Waals surface area (Å²) in [6.45, 7) is 1.00. The molecule has 1 heterocycles. The first-order valence-corrected chi connectivity index (χ1v) is 8.69. The molecule has 7 heteroatoms. The third-order valence-electron chi connectivity index (χ3n) is 3.43. The van der Waals surface area contributed by atoms with Crippen LogP contribution < -0.4 is 9.46 Å². The first-order valence-electron chi connectivity index (χ1n) is 6.80. The highest BCUT2D eigenvalue weighted by Gasteiger charge is 2.27. The van der Waals surface area contributed by atoms with E-state index in [9.17, 15) is 13.2 Å². The van der Waals surface area contributed by atoms with Crippen molar-refractivity contribution in [3.05, 3.63) is 29.8 Å². The van der Waals surface area contributed by atoms with Crippen molar-refractivity contribution >= 4 is 15.9 Å². The van der Waals surface area contributed by atoms with Gasteiger partial charge in [0.2, 0.25) is 10.0 Å². The minimum Gasteiger partial charge on any atom is -0.496 e. The number of nitrogens with one attached hydrogen (secondary N) is 1. The number of rotatable bonds is 4. The zero-order valence-electron chi connectivity index (χ0n) is 12.2. The molecule has 0 radical (unpaired) electrons. The van der Waals surface area contributed by atoms with E-state index in [1.54, 1.807) is 29.2 Å². The van der Waals surface area contributed by atoms with E-state index in [0.29, 0.717) is 24.4 Å². The van der Waals surface area contributed by atoms with E-state index < -0.39 is 10.0 Å². The van der Waals surface area contributed by atoms with E-state index in [0.717, 1.165) is 19.1 Å². The predicted molar refractivity (Wildman–Crippen MR) is 79.9 cm³/mol. The van der Waals surface area contributed by atoms with E-state index in [1.165, 1.54) is 7.11 Å². The lowest BCUT2D eigenvalue weighted by Crippen LogP contribution is -2.49. The standard InChI is InChI=1S/C14H20N2O4S/c1-20-13-8-4-3-7-12(13)14(17)16-9-5-6-11(10-16)15-21(2,18)19/h3-4,7-8,11,15H,5-6,9-10H2,1-2H3/t11-/m1/s1. The zero-order valence-corrected chi connectivity index (χ0v) is 13.0. The lowest BCUT2D eigenvalue weighted by Gasteiger charge is -2.33. The number of piperidine rings is 1. The second kappa shape index (κ2) is 6.44. The van der Waals surface area contributed by atoms with Crippen molar-refractivity contribution in [1.29, 1.82) is 0 Å². The quantitative estimate of drug-likeness (QED) is 0.894. The molecule has 1 aliphatic rings. The third kappa shape index (κ3) is 4.18. The van der Waals surface area contributed by atoms with E-state index in [1.807, 2.05) is 0 Å². The van der Waals surface area contributed by atoms with Crippen LogP contribution >= 0.6 is 0 Å². The molecule has 1 aliphatic heterocycles. The first-order chi connectivity index (χ1) is 9.90. The van der Waals surface area contributed by atoms with Crippen LogP contribution in [-0.2, 0) is 10.0 Å². The molecule has 0 aliphatic carbocycles. The summed E-state index contributed by atoms with van der Waals surface area (Å²) in [5.41, 5.74) is 0.500. The van der Waals surface area contributed by atoms with Gasteiger partial charge in [0, 0.05) is 19.1 Å². The summed E-state index contributed by atoms with van der Waals surface area (Å²) in [5, 5.41) is 0. The third-order valence-corrected chi connectivity index (χ3v) is 4.19.